The third kappa shape index (κ3) is 3.40. The van der Waals surface area contributed by atoms with Gasteiger partial charge in [-0.1, -0.05) is 0 Å². The Morgan fingerprint density at radius 3 is 2.68 bits per heavy atom. The van der Waals surface area contributed by atoms with E-state index in [0.29, 0.717) is 25.7 Å². The topological polar surface area (TPSA) is 100 Å². The number of pyridine rings is 1. The van der Waals surface area contributed by atoms with Gasteiger partial charge in [-0.3, -0.25) is 14.7 Å². The molecule has 3 aromatic rings. The number of halogens is 2. The highest BCUT2D eigenvalue weighted by molar-refractivity contribution is 5.94. The van der Waals surface area contributed by atoms with Crippen LogP contribution in [0.4, 0.5) is 8.78 Å². The van der Waals surface area contributed by atoms with E-state index in [1.54, 1.807) is 0 Å². The fourth-order valence-electron chi connectivity index (χ4n) is 3.48. The maximum Gasteiger partial charge on any atom is 0.272 e. The predicted octanol–water partition coefficient (Wildman–Crippen LogP) is 2.03. The lowest BCUT2D eigenvalue weighted by Crippen LogP contribution is -2.38. The van der Waals surface area contributed by atoms with Crippen molar-refractivity contribution in [2.45, 2.75) is 37.8 Å². The van der Waals surface area contributed by atoms with E-state index in [9.17, 15) is 23.5 Å². The molecule has 0 aliphatic heterocycles. The van der Waals surface area contributed by atoms with Gasteiger partial charge in [0.2, 0.25) is 0 Å². The Bertz CT molecular complexity index is 1100. The lowest BCUT2D eigenvalue weighted by molar-refractivity contribution is 0.0867. The van der Waals surface area contributed by atoms with Crippen LogP contribution < -0.4 is 10.9 Å². The summed E-state index contributed by atoms with van der Waals surface area (Å²) in [6.07, 6.45) is 3.40. The lowest BCUT2D eigenvalue weighted by atomic mass is 9.93. The molecule has 1 aliphatic carbocycles. The molecule has 3 N–H and O–H groups in total. The van der Waals surface area contributed by atoms with Gasteiger partial charge in [0, 0.05) is 18.3 Å². The van der Waals surface area contributed by atoms with Crippen LogP contribution in [0.5, 0.6) is 0 Å². The average Bonchev–Trinajstić information content (AvgIpc) is 2.99. The molecule has 146 valence electrons. The summed E-state index contributed by atoms with van der Waals surface area (Å²) in [5.41, 5.74) is -0.316. The highest BCUT2D eigenvalue weighted by Gasteiger charge is 2.22. The first kappa shape index (κ1) is 18.3. The number of amides is 1. The Morgan fingerprint density at radius 2 is 1.96 bits per heavy atom. The van der Waals surface area contributed by atoms with Crippen LogP contribution >= 0.6 is 0 Å². The summed E-state index contributed by atoms with van der Waals surface area (Å²) in [5, 5.41) is 15.0. The third-order valence-corrected chi connectivity index (χ3v) is 4.99. The number of nitrogens with zero attached hydrogens (tertiary/aromatic N) is 2. The van der Waals surface area contributed by atoms with E-state index in [1.807, 2.05) is 0 Å². The monoisotopic (exact) mass is 388 g/mol. The second-order valence-electron chi connectivity index (χ2n) is 6.95. The summed E-state index contributed by atoms with van der Waals surface area (Å²) in [6.45, 7) is 0. The van der Waals surface area contributed by atoms with Crippen LogP contribution in [0.25, 0.3) is 16.7 Å². The number of hydrogen-bond donors (Lipinski definition) is 3. The average molecular weight is 388 g/mol. The fourth-order valence-corrected chi connectivity index (χ4v) is 3.48. The predicted molar refractivity (Wildman–Crippen MR) is 97.3 cm³/mol. The minimum Gasteiger partial charge on any atom is -0.393 e. The molecule has 0 bridgehead atoms. The van der Waals surface area contributed by atoms with Crippen LogP contribution in [0.3, 0.4) is 0 Å². The summed E-state index contributed by atoms with van der Waals surface area (Å²) in [7, 11) is 0. The van der Waals surface area contributed by atoms with Gasteiger partial charge in [-0.15, -0.1) is 0 Å². The number of benzene rings is 1. The second kappa shape index (κ2) is 7.16. The Hall–Kier alpha value is -3.07. The Kier molecular flexibility index (Phi) is 4.68. The molecular weight excluding hydrogens is 370 g/mol. The first-order valence-electron chi connectivity index (χ1n) is 8.97. The summed E-state index contributed by atoms with van der Waals surface area (Å²) >= 11 is 0. The lowest BCUT2D eigenvalue weighted by Gasteiger charge is -2.26. The molecule has 2 aromatic heterocycles. The molecule has 0 saturated heterocycles. The summed E-state index contributed by atoms with van der Waals surface area (Å²) in [5.74, 6) is -2.11. The van der Waals surface area contributed by atoms with Gasteiger partial charge < -0.3 is 10.4 Å². The first-order chi connectivity index (χ1) is 13.4. The molecule has 1 aromatic carbocycles. The molecule has 0 unspecified atom stereocenters. The molecule has 1 amide bonds. The van der Waals surface area contributed by atoms with Crippen molar-refractivity contribution in [3.05, 3.63) is 58.0 Å². The molecule has 7 nitrogen and oxygen atoms in total. The van der Waals surface area contributed by atoms with Crippen LogP contribution in [-0.2, 0) is 0 Å². The summed E-state index contributed by atoms with van der Waals surface area (Å²) < 4.78 is 29.3. The van der Waals surface area contributed by atoms with Crippen LogP contribution in [0.1, 0.15) is 36.0 Å². The summed E-state index contributed by atoms with van der Waals surface area (Å²) in [4.78, 5) is 28.3. The van der Waals surface area contributed by atoms with Gasteiger partial charge in [0.05, 0.1) is 22.6 Å². The molecule has 0 radical (unpaired) electrons. The normalized spacial score (nSPS) is 19.7. The van der Waals surface area contributed by atoms with Gasteiger partial charge >= 0.3 is 0 Å². The van der Waals surface area contributed by atoms with Crippen LogP contribution in [-0.4, -0.2) is 37.9 Å². The molecule has 1 fully saturated rings. The number of nitrogens with one attached hydrogen (secondary N) is 2. The van der Waals surface area contributed by atoms with Crippen molar-refractivity contribution in [1.82, 2.24) is 20.1 Å². The zero-order chi connectivity index (χ0) is 19.8. The zero-order valence-corrected chi connectivity index (χ0v) is 14.8. The Balaban J connectivity index is 1.61. The number of H-pyrrole nitrogens is 1. The van der Waals surface area contributed by atoms with Gasteiger partial charge in [0.1, 0.15) is 5.82 Å². The van der Waals surface area contributed by atoms with Gasteiger partial charge in [-0.05, 0) is 43.9 Å². The molecule has 0 spiro atoms. The maximum absolute atomic E-state index is 14.7. The number of aromatic amines is 1. The van der Waals surface area contributed by atoms with Crippen LogP contribution in [0.15, 0.2) is 35.3 Å². The number of carbonyl (C=O) groups is 1. The molecule has 1 aliphatic rings. The fraction of sp³-hybridized carbons (Fsp3) is 0.316. The van der Waals surface area contributed by atoms with Crippen molar-refractivity contribution in [1.29, 1.82) is 0 Å². The third-order valence-electron chi connectivity index (χ3n) is 4.99. The number of hydrogen-bond acceptors (Lipinski definition) is 4. The minimum atomic E-state index is -0.830. The van der Waals surface area contributed by atoms with E-state index in [1.165, 1.54) is 12.3 Å². The van der Waals surface area contributed by atoms with E-state index in [-0.39, 0.29) is 34.4 Å². The van der Waals surface area contributed by atoms with Crippen LogP contribution in [0, 0.1) is 11.6 Å². The second-order valence-corrected chi connectivity index (χ2v) is 6.95. The molecule has 9 heteroatoms. The molecule has 2 heterocycles. The quantitative estimate of drug-likeness (QED) is 0.639. The number of carbonyl (C=O) groups excluding carboxylic acids is 1. The SMILES string of the molecule is O=C(NC1CCC(O)CC1)c1cnc(-n2[nH]c(=O)c3ccc(F)cc32)c(F)c1. The zero-order valence-electron chi connectivity index (χ0n) is 14.8. The van der Waals surface area contributed by atoms with E-state index in [4.69, 9.17) is 0 Å². The van der Waals surface area contributed by atoms with Gasteiger partial charge in [0.15, 0.2) is 11.6 Å². The van der Waals surface area contributed by atoms with Gasteiger partial charge in [0.25, 0.3) is 11.5 Å². The van der Waals surface area contributed by atoms with E-state index in [0.717, 1.165) is 22.9 Å². The maximum atomic E-state index is 14.7. The number of aliphatic hydroxyl groups is 1. The molecule has 0 atom stereocenters. The minimum absolute atomic E-state index is 0.0392. The van der Waals surface area contributed by atoms with Crippen molar-refractivity contribution in [3.8, 4) is 5.82 Å². The highest BCUT2D eigenvalue weighted by atomic mass is 19.1. The highest BCUT2D eigenvalue weighted by Crippen LogP contribution is 2.20. The smallest absolute Gasteiger partial charge is 0.272 e. The van der Waals surface area contributed by atoms with Crippen molar-refractivity contribution >= 4 is 16.8 Å². The van der Waals surface area contributed by atoms with E-state index < -0.39 is 23.1 Å². The standard InChI is InChI=1S/C19H18F2N4O3/c20-11-1-6-14-16(8-11)25(24-19(14)28)17-15(21)7-10(9-22-17)18(27)23-12-2-4-13(26)5-3-12/h1,6-9,12-13,26H,2-5H2,(H,23,27)(H,24,28). The van der Waals surface area contributed by atoms with Gasteiger partial charge in [-0.2, -0.15) is 0 Å². The summed E-state index contributed by atoms with van der Waals surface area (Å²) in [6, 6.07) is 4.50. The Morgan fingerprint density at radius 1 is 1.21 bits per heavy atom. The molecule has 28 heavy (non-hydrogen) atoms. The van der Waals surface area contributed by atoms with E-state index >= 15 is 0 Å². The van der Waals surface area contributed by atoms with E-state index in [2.05, 4.69) is 15.4 Å². The molecule has 4 rings (SSSR count). The van der Waals surface area contributed by atoms with Crippen molar-refractivity contribution < 1.29 is 18.7 Å². The first-order valence-corrected chi connectivity index (χ1v) is 8.97. The van der Waals surface area contributed by atoms with Crippen molar-refractivity contribution in [2.24, 2.45) is 0 Å². The molecule has 1 saturated carbocycles. The van der Waals surface area contributed by atoms with Gasteiger partial charge in [-0.25, -0.2) is 18.4 Å². The van der Waals surface area contributed by atoms with Crippen molar-refractivity contribution in [3.63, 3.8) is 0 Å². The Labute approximate surface area is 158 Å². The number of aromatic nitrogens is 3. The largest absolute Gasteiger partial charge is 0.393 e. The van der Waals surface area contributed by atoms with Crippen LogP contribution in [0.2, 0.25) is 0 Å². The number of rotatable bonds is 3. The number of aliphatic hydroxyl groups excluding tert-OH is 1. The molecular formula is C19H18F2N4O3. The van der Waals surface area contributed by atoms with Crippen molar-refractivity contribution in [2.75, 3.05) is 0 Å². The number of fused-ring (bicyclic) bond motifs is 1.